The molecule has 1 fully saturated rings. The number of ether oxygens (including phenoxy) is 2. The topological polar surface area (TPSA) is 61.6 Å². The second-order valence-corrected chi connectivity index (χ2v) is 4.76. The fraction of sp³-hybridized carbons (Fsp3) is 0.500. The highest BCUT2D eigenvalue weighted by Gasteiger charge is 2.43. The third kappa shape index (κ3) is 2.96. The molecule has 1 aliphatic carbocycles. The lowest BCUT2D eigenvalue weighted by atomic mass is 9.91. The van der Waals surface area contributed by atoms with Gasteiger partial charge in [-0.05, 0) is 13.0 Å². The van der Waals surface area contributed by atoms with Crippen LogP contribution in [0, 0.1) is 15.9 Å². The molecule has 1 saturated carbocycles. The standard InChI is InChI=1S/C12H13ClFNO4/c1-2-18-12-8(13)6-11(12)19-10-5-7(14)3-4-9(10)15(16)17/h3-5,8,11-12H,2,6H2,1H3. The van der Waals surface area contributed by atoms with Gasteiger partial charge in [0.1, 0.15) is 18.0 Å². The Morgan fingerprint density at radius 2 is 2.32 bits per heavy atom. The maximum Gasteiger partial charge on any atom is 0.311 e. The lowest BCUT2D eigenvalue weighted by molar-refractivity contribution is -0.386. The number of hydrogen-bond acceptors (Lipinski definition) is 4. The first kappa shape index (κ1) is 14.0. The van der Waals surface area contributed by atoms with Gasteiger partial charge >= 0.3 is 5.69 Å². The lowest BCUT2D eigenvalue weighted by Crippen LogP contribution is -2.52. The number of nitrogens with zero attached hydrogens (tertiary/aromatic N) is 1. The van der Waals surface area contributed by atoms with Crippen LogP contribution in [0.15, 0.2) is 18.2 Å². The van der Waals surface area contributed by atoms with Crippen LogP contribution in [0.1, 0.15) is 13.3 Å². The number of nitro groups is 1. The molecular weight excluding hydrogens is 277 g/mol. The molecule has 0 radical (unpaired) electrons. The third-order valence-electron chi connectivity index (χ3n) is 2.94. The molecule has 0 N–H and O–H groups in total. The Morgan fingerprint density at radius 3 is 2.89 bits per heavy atom. The van der Waals surface area contributed by atoms with Gasteiger partial charge < -0.3 is 9.47 Å². The molecule has 1 aromatic rings. The minimum absolute atomic E-state index is 0.0942. The molecule has 0 aromatic heterocycles. The summed E-state index contributed by atoms with van der Waals surface area (Å²) >= 11 is 5.98. The first-order valence-electron chi connectivity index (χ1n) is 5.89. The van der Waals surface area contributed by atoms with Crippen LogP contribution >= 0.6 is 11.6 Å². The van der Waals surface area contributed by atoms with Gasteiger partial charge in [-0.2, -0.15) is 0 Å². The van der Waals surface area contributed by atoms with E-state index in [-0.39, 0.29) is 29.0 Å². The van der Waals surface area contributed by atoms with Gasteiger partial charge in [0.2, 0.25) is 0 Å². The number of hydrogen-bond donors (Lipinski definition) is 0. The van der Waals surface area contributed by atoms with Gasteiger partial charge in [0, 0.05) is 25.2 Å². The van der Waals surface area contributed by atoms with Crippen molar-refractivity contribution in [2.24, 2.45) is 0 Å². The van der Waals surface area contributed by atoms with Crippen molar-refractivity contribution >= 4 is 17.3 Å². The molecule has 3 unspecified atom stereocenters. The summed E-state index contributed by atoms with van der Waals surface area (Å²) in [7, 11) is 0. The highest BCUT2D eigenvalue weighted by Crippen LogP contribution is 2.36. The predicted octanol–water partition coefficient (Wildman–Crippen LogP) is 2.90. The smallest absolute Gasteiger partial charge is 0.311 e. The van der Waals surface area contributed by atoms with Crippen LogP contribution in [0.5, 0.6) is 5.75 Å². The summed E-state index contributed by atoms with van der Waals surface area (Å²) in [6.45, 7) is 2.29. The van der Waals surface area contributed by atoms with E-state index in [1.807, 2.05) is 6.92 Å². The number of alkyl halides is 1. The lowest BCUT2D eigenvalue weighted by Gasteiger charge is -2.40. The minimum atomic E-state index is -0.610. The average molecular weight is 290 g/mol. The molecule has 3 atom stereocenters. The number of rotatable bonds is 5. The van der Waals surface area contributed by atoms with Crippen molar-refractivity contribution < 1.29 is 18.8 Å². The third-order valence-corrected chi connectivity index (χ3v) is 3.36. The summed E-state index contributed by atoms with van der Waals surface area (Å²) in [5, 5.41) is 10.7. The van der Waals surface area contributed by atoms with E-state index in [0.29, 0.717) is 13.0 Å². The van der Waals surface area contributed by atoms with E-state index in [4.69, 9.17) is 21.1 Å². The van der Waals surface area contributed by atoms with Crippen LogP contribution in [-0.2, 0) is 4.74 Å². The Labute approximate surface area is 114 Å². The SMILES string of the molecule is CCOC1C(Cl)CC1Oc1cc(F)ccc1[N+](=O)[O-]. The predicted molar refractivity (Wildman–Crippen MR) is 67.1 cm³/mol. The molecular formula is C12H13ClFNO4. The number of benzene rings is 1. The van der Waals surface area contributed by atoms with Gasteiger partial charge in [-0.3, -0.25) is 10.1 Å². The molecule has 5 nitrogen and oxygen atoms in total. The van der Waals surface area contributed by atoms with Crippen molar-refractivity contribution in [1.82, 2.24) is 0 Å². The molecule has 2 rings (SSSR count). The quantitative estimate of drug-likeness (QED) is 0.475. The highest BCUT2D eigenvalue weighted by molar-refractivity contribution is 6.21. The Bertz CT molecular complexity index is 485. The summed E-state index contributed by atoms with van der Waals surface area (Å²) in [6.07, 6.45) is -0.197. The Hall–Kier alpha value is -1.40. The minimum Gasteiger partial charge on any atom is -0.481 e. The van der Waals surface area contributed by atoms with Crippen molar-refractivity contribution in [3.05, 3.63) is 34.1 Å². The largest absolute Gasteiger partial charge is 0.481 e. The second-order valence-electron chi connectivity index (χ2n) is 4.20. The summed E-state index contributed by atoms with van der Waals surface area (Å²) in [5.74, 6) is -0.682. The molecule has 19 heavy (non-hydrogen) atoms. The van der Waals surface area contributed by atoms with E-state index in [1.165, 1.54) is 0 Å². The van der Waals surface area contributed by atoms with Gasteiger partial charge in [0.15, 0.2) is 5.75 Å². The average Bonchev–Trinajstić information content (AvgIpc) is 2.35. The molecule has 7 heteroatoms. The van der Waals surface area contributed by atoms with Crippen molar-refractivity contribution in [1.29, 1.82) is 0 Å². The molecule has 0 bridgehead atoms. The Morgan fingerprint density at radius 1 is 1.58 bits per heavy atom. The van der Waals surface area contributed by atoms with Gasteiger partial charge in [0.25, 0.3) is 0 Å². The van der Waals surface area contributed by atoms with E-state index < -0.39 is 10.7 Å². The van der Waals surface area contributed by atoms with Crippen LogP contribution in [0.3, 0.4) is 0 Å². The number of nitro benzene ring substituents is 1. The summed E-state index contributed by atoms with van der Waals surface area (Å²) < 4.78 is 24.0. The van der Waals surface area contributed by atoms with Gasteiger partial charge in [0.05, 0.1) is 10.3 Å². The monoisotopic (exact) mass is 289 g/mol. The highest BCUT2D eigenvalue weighted by atomic mass is 35.5. The molecule has 0 heterocycles. The van der Waals surface area contributed by atoms with Gasteiger partial charge in [-0.15, -0.1) is 11.6 Å². The normalized spacial score (nSPS) is 25.7. The summed E-state index contributed by atoms with van der Waals surface area (Å²) in [6, 6.07) is 3.11. The number of halogens is 2. The van der Waals surface area contributed by atoms with E-state index in [2.05, 4.69) is 0 Å². The van der Waals surface area contributed by atoms with Crippen LogP contribution in [0.4, 0.5) is 10.1 Å². The second kappa shape index (κ2) is 5.71. The molecule has 0 spiro atoms. The van der Waals surface area contributed by atoms with E-state index in [9.17, 15) is 14.5 Å². The maximum atomic E-state index is 13.1. The fourth-order valence-corrected chi connectivity index (χ4v) is 2.35. The van der Waals surface area contributed by atoms with E-state index >= 15 is 0 Å². The Balaban J connectivity index is 2.15. The van der Waals surface area contributed by atoms with Crippen molar-refractivity contribution in [2.75, 3.05) is 6.61 Å². The maximum absolute atomic E-state index is 13.1. The van der Waals surface area contributed by atoms with Crippen molar-refractivity contribution in [2.45, 2.75) is 30.9 Å². The van der Waals surface area contributed by atoms with Crippen LogP contribution in [-0.4, -0.2) is 29.1 Å². The first-order valence-corrected chi connectivity index (χ1v) is 6.32. The van der Waals surface area contributed by atoms with E-state index in [0.717, 1.165) is 18.2 Å². The van der Waals surface area contributed by atoms with Crippen molar-refractivity contribution in [3.63, 3.8) is 0 Å². The van der Waals surface area contributed by atoms with Crippen LogP contribution < -0.4 is 4.74 Å². The first-order chi connectivity index (χ1) is 9.02. The zero-order valence-electron chi connectivity index (χ0n) is 10.2. The molecule has 0 saturated heterocycles. The Kier molecular flexibility index (Phi) is 4.21. The summed E-state index contributed by atoms with van der Waals surface area (Å²) in [5.41, 5.74) is -0.269. The molecule has 1 aromatic carbocycles. The molecule has 1 aliphatic rings. The van der Waals surface area contributed by atoms with Crippen LogP contribution in [0.2, 0.25) is 0 Å². The fourth-order valence-electron chi connectivity index (χ4n) is 1.94. The molecule has 104 valence electrons. The summed E-state index contributed by atoms with van der Waals surface area (Å²) in [4.78, 5) is 10.2. The van der Waals surface area contributed by atoms with Gasteiger partial charge in [-0.25, -0.2) is 4.39 Å². The van der Waals surface area contributed by atoms with Crippen LogP contribution in [0.25, 0.3) is 0 Å². The van der Waals surface area contributed by atoms with Crippen molar-refractivity contribution in [3.8, 4) is 5.75 Å². The zero-order chi connectivity index (χ0) is 14.0. The van der Waals surface area contributed by atoms with Gasteiger partial charge in [-0.1, -0.05) is 0 Å². The van der Waals surface area contributed by atoms with E-state index in [1.54, 1.807) is 0 Å². The zero-order valence-corrected chi connectivity index (χ0v) is 11.0. The molecule has 0 aliphatic heterocycles. The molecule has 0 amide bonds.